The maximum atomic E-state index is 11.7. The zero-order valence-electron chi connectivity index (χ0n) is 9.78. The fourth-order valence-corrected chi connectivity index (χ4v) is 1.74. The second-order valence-corrected chi connectivity index (χ2v) is 4.26. The molecule has 0 fully saturated rings. The van der Waals surface area contributed by atoms with Gasteiger partial charge in [0.25, 0.3) is 5.56 Å². The molecule has 0 amide bonds. The molecule has 0 aliphatic heterocycles. The van der Waals surface area contributed by atoms with Crippen LogP contribution in [0, 0.1) is 4.77 Å². The van der Waals surface area contributed by atoms with Crippen molar-refractivity contribution in [1.82, 2.24) is 14.7 Å². The Hall–Kier alpha value is -2.04. The van der Waals surface area contributed by atoms with E-state index in [9.17, 15) is 9.90 Å². The number of H-pyrrole nitrogens is 1. The second-order valence-electron chi connectivity index (χ2n) is 3.50. The van der Waals surface area contributed by atoms with Crippen LogP contribution < -0.4 is 5.56 Å². The molecule has 2 aromatic heterocycles. The van der Waals surface area contributed by atoms with Crippen LogP contribution in [-0.2, 0) is 6.54 Å². The lowest BCUT2D eigenvalue weighted by Crippen LogP contribution is -2.14. The summed E-state index contributed by atoms with van der Waals surface area (Å²) in [7, 11) is 0. The highest BCUT2D eigenvalue weighted by Crippen LogP contribution is 2.24. The molecule has 0 saturated heterocycles. The number of aromatic hydroxyl groups is 1. The molecule has 0 aromatic carbocycles. The van der Waals surface area contributed by atoms with Crippen molar-refractivity contribution in [3.63, 3.8) is 0 Å². The van der Waals surface area contributed by atoms with Crippen molar-refractivity contribution < 1.29 is 14.7 Å². The fraction of sp³-hybridized carbons (Fsp3) is 0.222. The molecule has 2 rings (SSSR count). The number of aliphatic hydroxyl groups excluding tert-OH is 1. The number of halogens is 1. The summed E-state index contributed by atoms with van der Waals surface area (Å²) in [4.78, 5) is 14.0. The maximum Gasteiger partial charge on any atom is 0.283 e. The minimum atomic E-state index is -0.722. The average molecular weight is 318 g/mol. The maximum absolute atomic E-state index is 11.7. The van der Waals surface area contributed by atoms with Gasteiger partial charge in [0.1, 0.15) is 0 Å². The molecule has 0 atom stereocenters. The first-order valence-electron chi connectivity index (χ1n) is 5.24. The number of hydrogen-bond donors (Lipinski definition) is 3. The standard InChI is InChI=1S/C9H8ClN5O4S/c10-4-3-5(14-19-4)12-13-6-7(17)11-9(20)15(1-2-16)8(6)18/h3,16,18H,1-2H2,(H,11,17,20). The zero-order chi connectivity index (χ0) is 14.7. The van der Waals surface area contributed by atoms with Crippen molar-refractivity contribution in [3.05, 3.63) is 26.4 Å². The van der Waals surface area contributed by atoms with Gasteiger partial charge in [-0.3, -0.25) is 14.3 Å². The number of aromatic amines is 1. The van der Waals surface area contributed by atoms with E-state index in [4.69, 9.17) is 28.9 Å². The highest BCUT2D eigenvalue weighted by atomic mass is 35.5. The Morgan fingerprint density at radius 3 is 2.90 bits per heavy atom. The van der Waals surface area contributed by atoms with Gasteiger partial charge < -0.3 is 14.7 Å². The SMILES string of the molecule is O=c1[nH]c(=S)n(CCO)c(O)c1N=Nc1cc(Cl)on1. The Morgan fingerprint density at radius 2 is 2.30 bits per heavy atom. The molecular weight excluding hydrogens is 310 g/mol. The fourth-order valence-electron chi connectivity index (χ4n) is 1.34. The van der Waals surface area contributed by atoms with Crippen LogP contribution in [0.4, 0.5) is 11.5 Å². The van der Waals surface area contributed by atoms with Gasteiger partial charge in [-0.15, -0.1) is 10.2 Å². The van der Waals surface area contributed by atoms with E-state index in [1.165, 1.54) is 6.07 Å². The highest BCUT2D eigenvalue weighted by Gasteiger charge is 2.12. The summed E-state index contributed by atoms with van der Waals surface area (Å²) in [5.41, 5.74) is -1.09. The monoisotopic (exact) mass is 317 g/mol. The smallest absolute Gasteiger partial charge is 0.283 e. The van der Waals surface area contributed by atoms with Gasteiger partial charge in [-0.1, -0.05) is 5.16 Å². The molecule has 0 radical (unpaired) electrons. The van der Waals surface area contributed by atoms with Crippen molar-refractivity contribution in [2.75, 3.05) is 6.61 Å². The van der Waals surface area contributed by atoms with Crippen molar-refractivity contribution >= 4 is 35.3 Å². The molecule has 20 heavy (non-hydrogen) atoms. The number of nitrogens with zero attached hydrogens (tertiary/aromatic N) is 4. The topological polar surface area (TPSA) is 129 Å². The number of aromatic nitrogens is 3. The number of azo groups is 1. The predicted molar refractivity (Wildman–Crippen MR) is 70.3 cm³/mol. The van der Waals surface area contributed by atoms with Crippen molar-refractivity contribution in [3.8, 4) is 5.88 Å². The lowest BCUT2D eigenvalue weighted by Gasteiger charge is -2.08. The summed E-state index contributed by atoms with van der Waals surface area (Å²) >= 11 is 10.4. The van der Waals surface area contributed by atoms with E-state index in [0.717, 1.165) is 4.57 Å². The first kappa shape index (κ1) is 14.4. The molecule has 9 nitrogen and oxygen atoms in total. The molecule has 11 heteroatoms. The van der Waals surface area contributed by atoms with Crippen LogP contribution in [0.3, 0.4) is 0 Å². The summed E-state index contributed by atoms with van der Waals surface area (Å²) in [6, 6.07) is 1.28. The van der Waals surface area contributed by atoms with Crippen LogP contribution in [0.1, 0.15) is 0 Å². The van der Waals surface area contributed by atoms with E-state index in [0.29, 0.717) is 0 Å². The molecule has 0 aliphatic rings. The Bertz CT molecular complexity index is 764. The summed E-state index contributed by atoms with van der Waals surface area (Å²) in [6.07, 6.45) is 0. The van der Waals surface area contributed by atoms with Crippen LogP contribution in [-0.4, -0.2) is 31.5 Å². The normalized spacial score (nSPS) is 11.3. The lowest BCUT2D eigenvalue weighted by molar-refractivity contribution is 0.264. The van der Waals surface area contributed by atoms with Gasteiger partial charge in [-0.05, 0) is 23.8 Å². The molecule has 0 unspecified atom stereocenters. The third-order valence-corrected chi connectivity index (χ3v) is 2.69. The molecule has 0 saturated carbocycles. The Kier molecular flexibility index (Phi) is 4.27. The molecule has 0 spiro atoms. The van der Waals surface area contributed by atoms with E-state index >= 15 is 0 Å². The lowest BCUT2D eigenvalue weighted by atomic mass is 10.5. The van der Waals surface area contributed by atoms with Crippen LogP contribution in [0.25, 0.3) is 0 Å². The third-order valence-electron chi connectivity index (χ3n) is 2.19. The molecule has 0 bridgehead atoms. The Balaban J connectivity index is 2.46. The number of hydrogen-bond acceptors (Lipinski definition) is 8. The van der Waals surface area contributed by atoms with Gasteiger partial charge >= 0.3 is 0 Å². The first-order valence-corrected chi connectivity index (χ1v) is 6.02. The molecule has 3 N–H and O–H groups in total. The number of rotatable bonds is 4. The second kappa shape index (κ2) is 5.94. The van der Waals surface area contributed by atoms with Gasteiger partial charge in [0.15, 0.2) is 4.77 Å². The third kappa shape index (κ3) is 2.92. The summed E-state index contributed by atoms with van der Waals surface area (Å²) < 4.78 is 5.63. The predicted octanol–water partition coefficient (Wildman–Crippen LogP) is 1.66. The molecule has 2 aromatic rings. The summed E-state index contributed by atoms with van der Waals surface area (Å²) in [5, 5.41) is 29.4. The van der Waals surface area contributed by atoms with Crippen LogP contribution in [0.5, 0.6) is 5.88 Å². The number of nitrogens with one attached hydrogen (secondary N) is 1. The molecule has 106 valence electrons. The van der Waals surface area contributed by atoms with Crippen molar-refractivity contribution in [2.24, 2.45) is 10.2 Å². The van der Waals surface area contributed by atoms with Crippen molar-refractivity contribution in [2.45, 2.75) is 6.54 Å². The Morgan fingerprint density at radius 1 is 1.55 bits per heavy atom. The van der Waals surface area contributed by atoms with Crippen LogP contribution >= 0.6 is 23.8 Å². The van der Waals surface area contributed by atoms with Crippen LogP contribution in [0.15, 0.2) is 25.6 Å². The minimum absolute atomic E-state index is 0.000243. The summed E-state index contributed by atoms with van der Waals surface area (Å²) in [5.74, 6) is -0.476. The van der Waals surface area contributed by atoms with E-state index in [-0.39, 0.29) is 34.6 Å². The molecular formula is C9H8ClN5O4S. The van der Waals surface area contributed by atoms with Crippen LogP contribution in [0.2, 0.25) is 5.22 Å². The van der Waals surface area contributed by atoms with Gasteiger partial charge in [-0.2, -0.15) is 0 Å². The van der Waals surface area contributed by atoms with E-state index < -0.39 is 11.4 Å². The van der Waals surface area contributed by atoms with Crippen molar-refractivity contribution in [1.29, 1.82) is 0 Å². The van der Waals surface area contributed by atoms with E-state index in [1.54, 1.807) is 0 Å². The van der Waals surface area contributed by atoms with Gasteiger partial charge in [0, 0.05) is 6.07 Å². The molecule has 0 aliphatic carbocycles. The highest BCUT2D eigenvalue weighted by molar-refractivity contribution is 7.71. The van der Waals surface area contributed by atoms with Gasteiger partial charge in [0.05, 0.1) is 13.2 Å². The zero-order valence-corrected chi connectivity index (χ0v) is 11.3. The van der Waals surface area contributed by atoms with Gasteiger partial charge in [-0.25, -0.2) is 0 Å². The minimum Gasteiger partial charge on any atom is -0.493 e. The summed E-state index contributed by atoms with van der Waals surface area (Å²) in [6.45, 7) is -0.275. The van der Waals surface area contributed by atoms with E-state index in [1.807, 2.05) is 0 Å². The number of aliphatic hydroxyl groups is 1. The largest absolute Gasteiger partial charge is 0.493 e. The average Bonchev–Trinajstić information content (AvgIpc) is 2.80. The molecule has 2 heterocycles. The Labute approximate surface area is 121 Å². The van der Waals surface area contributed by atoms with Gasteiger partial charge in [0.2, 0.25) is 22.6 Å². The first-order chi connectivity index (χ1) is 9.52. The quantitative estimate of drug-likeness (QED) is 0.581. The van der Waals surface area contributed by atoms with E-state index in [2.05, 4.69) is 24.9 Å².